The number of amides is 1. The first-order chi connectivity index (χ1) is 32.6. The molecule has 0 aliphatic carbocycles. The predicted octanol–water partition coefficient (Wildman–Crippen LogP) is 7.05. The van der Waals surface area contributed by atoms with Gasteiger partial charge in [-0.3, -0.25) is 4.79 Å². The fourth-order valence-corrected chi connectivity index (χ4v) is 8.20. The quantitative estimate of drug-likeness (QED) is 0.0223. The van der Waals surface area contributed by atoms with E-state index in [0.717, 1.165) is 51.4 Å². The van der Waals surface area contributed by atoms with E-state index in [2.05, 4.69) is 67.8 Å². The number of carbonyl (C=O) groups is 1. The SMILES string of the molecule is CC/C=C\C/C=C\C/C=C\CCCCCC(=O)NC(COC1OC(CO)C(OC2OC(CO)C(O)C(O)C2O)C(O)C1O)C(O)/C=C/CC/C=C/CCCCCCCCCCCCCCCC. The first kappa shape index (κ1) is 60.8. The Labute approximate surface area is 403 Å². The van der Waals surface area contributed by atoms with Gasteiger partial charge >= 0.3 is 0 Å². The average molecular weight is 952 g/mol. The number of unbranched alkanes of at least 4 members (excludes halogenated alkanes) is 18. The fraction of sp³-hybridized carbons (Fsp3) is 0.792. The molecular weight excluding hydrogens is 859 g/mol. The number of hydrogen-bond donors (Lipinski definition) is 9. The van der Waals surface area contributed by atoms with Crippen LogP contribution in [0.1, 0.15) is 174 Å². The second kappa shape index (κ2) is 39.4. The van der Waals surface area contributed by atoms with Gasteiger partial charge in [-0.2, -0.15) is 0 Å². The van der Waals surface area contributed by atoms with Crippen LogP contribution in [-0.4, -0.2) is 140 Å². The van der Waals surface area contributed by atoms with Gasteiger partial charge in [-0.1, -0.05) is 164 Å². The summed E-state index contributed by atoms with van der Waals surface area (Å²) >= 11 is 0. The van der Waals surface area contributed by atoms with Crippen molar-refractivity contribution in [1.82, 2.24) is 5.32 Å². The number of aliphatic hydroxyl groups is 8. The van der Waals surface area contributed by atoms with Crippen LogP contribution >= 0.6 is 0 Å². The molecule has 12 unspecified atom stereocenters. The molecular formula is C53H93NO13. The number of nitrogens with one attached hydrogen (secondary N) is 1. The minimum Gasteiger partial charge on any atom is -0.394 e. The Morgan fingerprint density at radius 3 is 1.64 bits per heavy atom. The van der Waals surface area contributed by atoms with Crippen LogP contribution in [0.5, 0.6) is 0 Å². The summed E-state index contributed by atoms with van der Waals surface area (Å²) in [6, 6.07) is -0.948. The molecule has 2 aliphatic rings. The van der Waals surface area contributed by atoms with Crippen LogP contribution in [0.4, 0.5) is 0 Å². The van der Waals surface area contributed by atoms with Gasteiger partial charge in [0.25, 0.3) is 0 Å². The topological polar surface area (TPSA) is 228 Å². The number of ether oxygens (including phenoxy) is 4. The molecule has 0 spiro atoms. The largest absolute Gasteiger partial charge is 0.394 e. The highest BCUT2D eigenvalue weighted by Crippen LogP contribution is 2.30. The first-order valence-corrected chi connectivity index (χ1v) is 26.0. The molecule has 12 atom stereocenters. The molecule has 388 valence electrons. The number of aliphatic hydroxyl groups excluding tert-OH is 8. The van der Waals surface area contributed by atoms with Crippen LogP contribution in [-0.2, 0) is 23.7 Å². The summed E-state index contributed by atoms with van der Waals surface area (Å²) < 4.78 is 22.7. The van der Waals surface area contributed by atoms with Gasteiger partial charge in [0.1, 0.15) is 48.8 Å². The van der Waals surface area contributed by atoms with Crippen molar-refractivity contribution >= 4 is 5.91 Å². The molecule has 14 nitrogen and oxygen atoms in total. The van der Waals surface area contributed by atoms with Gasteiger partial charge in [0.15, 0.2) is 12.6 Å². The van der Waals surface area contributed by atoms with E-state index in [4.69, 9.17) is 18.9 Å². The summed E-state index contributed by atoms with van der Waals surface area (Å²) in [5.41, 5.74) is 0. The molecule has 2 saturated heterocycles. The van der Waals surface area contributed by atoms with Crippen LogP contribution in [0.15, 0.2) is 60.8 Å². The molecule has 0 saturated carbocycles. The van der Waals surface area contributed by atoms with Gasteiger partial charge in [-0.15, -0.1) is 0 Å². The van der Waals surface area contributed by atoms with E-state index in [0.29, 0.717) is 12.8 Å². The maximum absolute atomic E-state index is 13.1. The number of rotatable bonds is 39. The highest BCUT2D eigenvalue weighted by Gasteiger charge is 2.51. The number of hydrogen-bond acceptors (Lipinski definition) is 13. The molecule has 2 heterocycles. The van der Waals surface area contributed by atoms with E-state index in [1.165, 1.54) is 89.9 Å². The molecule has 14 heteroatoms. The zero-order valence-corrected chi connectivity index (χ0v) is 41.1. The van der Waals surface area contributed by atoms with E-state index in [1.807, 2.05) is 6.08 Å². The highest BCUT2D eigenvalue weighted by molar-refractivity contribution is 5.76. The van der Waals surface area contributed by atoms with Crippen LogP contribution in [0.2, 0.25) is 0 Å². The lowest BCUT2D eigenvalue weighted by Gasteiger charge is -2.46. The van der Waals surface area contributed by atoms with Crippen molar-refractivity contribution in [2.45, 2.75) is 248 Å². The maximum atomic E-state index is 13.1. The smallest absolute Gasteiger partial charge is 0.220 e. The predicted molar refractivity (Wildman–Crippen MR) is 263 cm³/mol. The van der Waals surface area contributed by atoms with Gasteiger partial charge in [0.2, 0.25) is 5.91 Å². The minimum absolute atomic E-state index is 0.236. The number of allylic oxidation sites excluding steroid dienone is 9. The molecule has 9 N–H and O–H groups in total. The molecule has 1 amide bonds. The average Bonchev–Trinajstić information content (AvgIpc) is 3.32. The standard InChI is InChI=1S/C53H93NO13/c1-3-5-7-9-11-13-15-17-18-19-20-21-22-23-25-26-28-30-32-34-36-42(57)41(54-45(58)37-35-33-31-29-27-24-16-14-12-10-8-6-4-2)40-64-52-50(63)48(61)51(44(39-56)66-52)67-53-49(62)47(60)46(59)43(38-55)65-53/h6,8,12,14,24,26-28,34,36,41-44,46-53,55-57,59-63H,3-5,7,9-11,13,15-23,25,29-33,35,37-40H2,1-2H3,(H,54,58)/b8-6-,14-12-,27-24-,28-26+,36-34+. The van der Waals surface area contributed by atoms with E-state index in [1.54, 1.807) is 6.08 Å². The number of carbonyl (C=O) groups excluding carboxylic acids is 1. The van der Waals surface area contributed by atoms with E-state index >= 15 is 0 Å². The van der Waals surface area contributed by atoms with E-state index in [-0.39, 0.29) is 18.9 Å². The Morgan fingerprint density at radius 2 is 1.04 bits per heavy atom. The lowest BCUT2D eigenvalue weighted by Crippen LogP contribution is -2.65. The summed E-state index contributed by atoms with van der Waals surface area (Å²) in [4.78, 5) is 13.1. The Bertz CT molecular complexity index is 1360. The van der Waals surface area contributed by atoms with Gasteiger partial charge < -0.3 is 65.1 Å². The summed E-state index contributed by atoms with van der Waals surface area (Å²) in [6.07, 6.45) is 31.3. The lowest BCUT2D eigenvalue weighted by atomic mass is 9.97. The lowest BCUT2D eigenvalue weighted by molar-refractivity contribution is -0.359. The van der Waals surface area contributed by atoms with E-state index < -0.39 is 86.8 Å². The Hall–Kier alpha value is -2.31. The molecule has 0 aromatic rings. The monoisotopic (exact) mass is 952 g/mol. The minimum atomic E-state index is -1.79. The molecule has 0 bridgehead atoms. The van der Waals surface area contributed by atoms with Gasteiger partial charge in [0, 0.05) is 6.42 Å². The van der Waals surface area contributed by atoms with Crippen LogP contribution in [0.25, 0.3) is 0 Å². The van der Waals surface area contributed by atoms with Crippen molar-refractivity contribution in [3.63, 3.8) is 0 Å². The molecule has 2 rings (SSSR count). The molecule has 0 radical (unpaired) electrons. The Balaban J connectivity index is 1.86. The summed E-state index contributed by atoms with van der Waals surface area (Å²) in [5, 5.41) is 86.7. The molecule has 67 heavy (non-hydrogen) atoms. The molecule has 0 aromatic heterocycles. The van der Waals surface area contributed by atoms with Crippen molar-refractivity contribution in [3.8, 4) is 0 Å². The Morgan fingerprint density at radius 1 is 0.552 bits per heavy atom. The van der Waals surface area contributed by atoms with Crippen molar-refractivity contribution in [3.05, 3.63) is 60.8 Å². The van der Waals surface area contributed by atoms with Crippen LogP contribution in [0, 0.1) is 0 Å². The van der Waals surface area contributed by atoms with E-state index in [9.17, 15) is 45.6 Å². The second-order valence-electron chi connectivity index (χ2n) is 18.3. The van der Waals surface area contributed by atoms with Gasteiger partial charge in [0.05, 0.1) is 32.0 Å². The fourth-order valence-electron chi connectivity index (χ4n) is 8.20. The second-order valence-corrected chi connectivity index (χ2v) is 18.3. The van der Waals surface area contributed by atoms with Crippen molar-refractivity contribution in [1.29, 1.82) is 0 Å². The third-order valence-electron chi connectivity index (χ3n) is 12.4. The van der Waals surface area contributed by atoms with Crippen molar-refractivity contribution < 1.29 is 64.6 Å². The highest BCUT2D eigenvalue weighted by atomic mass is 16.7. The summed E-state index contributed by atoms with van der Waals surface area (Å²) in [7, 11) is 0. The maximum Gasteiger partial charge on any atom is 0.220 e. The van der Waals surface area contributed by atoms with Gasteiger partial charge in [-0.05, 0) is 64.2 Å². The van der Waals surface area contributed by atoms with Gasteiger partial charge in [-0.25, -0.2) is 0 Å². The third kappa shape index (κ3) is 26.5. The van der Waals surface area contributed by atoms with Crippen LogP contribution in [0.3, 0.4) is 0 Å². The Kier molecular flexibility index (Phi) is 35.8. The molecule has 2 aliphatic heterocycles. The van der Waals surface area contributed by atoms with Crippen molar-refractivity contribution in [2.75, 3.05) is 19.8 Å². The first-order valence-electron chi connectivity index (χ1n) is 26.0. The zero-order chi connectivity index (χ0) is 48.9. The normalized spacial score (nSPS) is 27.1. The van der Waals surface area contributed by atoms with Crippen molar-refractivity contribution in [2.24, 2.45) is 0 Å². The van der Waals surface area contributed by atoms with Crippen LogP contribution < -0.4 is 5.32 Å². The summed E-state index contributed by atoms with van der Waals surface area (Å²) in [6.45, 7) is 2.62. The summed E-state index contributed by atoms with van der Waals surface area (Å²) in [5.74, 6) is -0.281. The molecule has 2 fully saturated rings. The third-order valence-corrected chi connectivity index (χ3v) is 12.4. The zero-order valence-electron chi connectivity index (χ0n) is 41.1. The molecule has 0 aromatic carbocycles.